The highest BCUT2D eigenvalue weighted by molar-refractivity contribution is 5.29. The Morgan fingerprint density at radius 2 is 2.09 bits per heavy atom. The Balaban J connectivity index is 1.78. The lowest BCUT2D eigenvalue weighted by Gasteiger charge is -2.36. The number of ether oxygens (including phenoxy) is 1. The lowest BCUT2D eigenvalue weighted by atomic mass is 10.0. The smallest absolute Gasteiger partial charge is 0.125 e. The second-order valence-corrected chi connectivity index (χ2v) is 5.56. The topological polar surface area (TPSA) is 50.3 Å². The first-order chi connectivity index (χ1) is 10.8. The monoisotopic (exact) mass is 298 g/mol. The number of nitrogens with one attached hydrogen (secondary N) is 1. The van der Waals surface area contributed by atoms with E-state index in [2.05, 4.69) is 32.3 Å². The molecule has 1 fully saturated rings. The van der Waals surface area contributed by atoms with Crippen LogP contribution >= 0.6 is 0 Å². The number of rotatable bonds is 4. The minimum Gasteiger partial charge on any atom is -0.497 e. The highest BCUT2D eigenvalue weighted by atomic mass is 16.5. The van der Waals surface area contributed by atoms with Crippen LogP contribution < -0.4 is 10.1 Å². The molecule has 1 N–H and O–H groups in total. The van der Waals surface area contributed by atoms with Gasteiger partial charge >= 0.3 is 0 Å². The zero-order chi connectivity index (χ0) is 15.4. The molecule has 1 atom stereocenters. The molecule has 1 aliphatic heterocycles. The summed E-state index contributed by atoms with van der Waals surface area (Å²) >= 11 is 0. The zero-order valence-electron chi connectivity index (χ0n) is 13.1. The van der Waals surface area contributed by atoms with Gasteiger partial charge in [-0.3, -0.25) is 4.90 Å². The second kappa shape index (κ2) is 6.85. The summed E-state index contributed by atoms with van der Waals surface area (Å²) in [4.78, 5) is 11.2. The van der Waals surface area contributed by atoms with Crippen LogP contribution in [-0.2, 0) is 6.54 Å². The lowest BCUT2D eigenvalue weighted by molar-refractivity contribution is 0.151. The number of benzene rings is 1. The van der Waals surface area contributed by atoms with Crippen LogP contribution in [0, 0.1) is 6.92 Å². The minimum atomic E-state index is 0.356. The largest absolute Gasteiger partial charge is 0.497 e. The fourth-order valence-corrected chi connectivity index (χ4v) is 2.89. The molecule has 0 amide bonds. The third kappa shape index (κ3) is 3.43. The zero-order valence-corrected chi connectivity index (χ0v) is 13.1. The summed E-state index contributed by atoms with van der Waals surface area (Å²) in [5.74, 6) is 1.72. The normalized spacial score (nSPS) is 19.1. The molecule has 0 radical (unpaired) electrons. The van der Waals surface area contributed by atoms with Crippen LogP contribution in [0.3, 0.4) is 0 Å². The van der Waals surface area contributed by atoms with Gasteiger partial charge in [0.25, 0.3) is 0 Å². The van der Waals surface area contributed by atoms with Gasteiger partial charge in [0.15, 0.2) is 0 Å². The Morgan fingerprint density at radius 3 is 2.82 bits per heavy atom. The summed E-state index contributed by atoms with van der Waals surface area (Å²) in [5, 5.41) is 3.48. The Hall–Kier alpha value is -1.98. The van der Waals surface area contributed by atoms with Gasteiger partial charge in [-0.1, -0.05) is 12.1 Å². The maximum Gasteiger partial charge on any atom is 0.125 e. The summed E-state index contributed by atoms with van der Waals surface area (Å²) in [7, 11) is 1.70. The third-order valence-corrected chi connectivity index (χ3v) is 4.05. The van der Waals surface area contributed by atoms with Crippen molar-refractivity contribution in [3.05, 3.63) is 53.6 Å². The summed E-state index contributed by atoms with van der Waals surface area (Å²) in [6.45, 7) is 5.76. The predicted octanol–water partition coefficient (Wildman–Crippen LogP) is 1.94. The fourth-order valence-electron chi connectivity index (χ4n) is 2.89. The van der Waals surface area contributed by atoms with Gasteiger partial charge in [0.05, 0.1) is 12.8 Å². The second-order valence-electron chi connectivity index (χ2n) is 5.56. The number of hydrogen-bond donors (Lipinski definition) is 1. The standard InChI is InChI=1S/C17H22N4O/c1-13-19-8-7-15(20-13)12-21-10-9-18-11-17(21)14-3-5-16(22-2)6-4-14/h3-8,17-18H,9-12H2,1-2H3/t17-/m1/s1. The quantitative estimate of drug-likeness (QED) is 0.935. The van der Waals surface area contributed by atoms with Crippen LogP contribution in [0.15, 0.2) is 36.5 Å². The van der Waals surface area contributed by atoms with Crippen LogP contribution in [0.1, 0.15) is 23.1 Å². The number of aryl methyl sites for hydroxylation is 1. The van der Waals surface area contributed by atoms with Gasteiger partial charge in [-0.05, 0) is 30.7 Å². The van der Waals surface area contributed by atoms with Crippen molar-refractivity contribution >= 4 is 0 Å². The van der Waals surface area contributed by atoms with E-state index in [0.717, 1.165) is 43.4 Å². The van der Waals surface area contributed by atoms with Gasteiger partial charge in [0.2, 0.25) is 0 Å². The molecule has 1 aromatic carbocycles. The number of hydrogen-bond acceptors (Lipinski definition) is 5. The molecule has 1 aromatic heterocycles. The Labute approximate surface area is 131 Å². The van der Waals surface area contributed by atoms with E-state index in [4.69, 9.17) is 4.74 Å². The lowest BCUT2D eigenvalue weighted by Crippen LogP contribution is -2.45. The molecule has 1 saturated heterocycles. The summed E-state index contributed by atoms with van der Waals surface area (Å²) < 4.78 is 5.25. The SMILES string of the molecule is COc1ccc([C@H]2CNCCN2Cc2ccnc(C)n2)cc1. The van der Waals surface area contributed by atoms with E-state index in [1.807, 2.05) is 31.3 Å². The van der Waals surface area contributed by atoms with Gasteiger partial charge in [-0.15, -0.1) is 0 Å². The molecular formula is C17H22N4O. The number of methoxy groups -OCH3 is 1. The van der Waals surface area contributed by atoms with Gasteiger partial charge in [0, 0.05) is 38.4 Å². The molecule has 2 heterocycles. The van der Waals surface area contributed by atoms with Crippen molar-refractivity contribution in [2.24, 2.45) is 0 Å². The van der Waals surface area contributed by atoms with Crippen molar-refractivity contribution in [2.75, 3.05) is 26.7 Å². The summed E-state index contributed by atoms with van der Waals surface area (Å²) in [5.41, 5.74) is 2.38. The average molecular weight is 298 g/mol. The minimum absolute atomic E-state index is 0.356. The van der Waals surface area contributed by atoms with Crippen LogP contribution in [0.5, 0.6) is 5.75 Å². The maximum absolute atomic E-state index is 5.25. The van der Waals surface area contributed by atoms with Crippen molar-refractivity contribution in [3.63, 3.8) is 0 Å². The van der Waals surface area contributed by atoms with Crippen LogP contribution in [0.4, 0.5) is 0 Å². The van der Waals surface area contributed by atoms with Gasteiger partial charge < -0.3 is 10.1 Å². The first-order valence-electron chi connectivity index (χ1n) is 7.63. The molecule has 116 valence electrons. The predicted molar refractivity (Wildman–Crippen MR) is 85.8 cm³/mol. The van der Waals surface area contributed by atoms with E-state index < -0.39 is 0 Å². The summed E-state index contributed by atoms with van der Waals surface area (Å²) in [6, 6.07) is 10.7. The van der Waals surface area contributed by atoms with E-state index in [-0.39, 0.29) is 0 Å². The molecular weight excluding hydrogens is 276 g/mol. The molecule has 0 bridgehead atoms. The number of nitrogens with zero attached hydrogens (tertiary/aromatic N) is 3. The van der Waals surface area contributed by atoms with E-state index in [1.165, 1.54) is 5.56 Å². The maximum atomic E-state index is 5.25. The highest BCUT2D eigenvalue weighted by Gasteiger charge is 2.24. The molecule has 1 aliphatic rings. The molecule has 5 heteroatoms. The Bertz CT molecular complexity index is 614. The van der Waals surface area contributed by atoms with Crippen LogP contribution in [0.2, 0.25) is 0 Å². The number of aromatic nitrogens is 2. The Kier molecular flexibility index (Phi) is 4.65. The van der Waals surface area contributed by atoms with E-state index >= 15 is 0 Å². The van der Waals surface area contributed by atoms with E-state index in [1.54, 1.807) is 7.11 Å². The van der Waals surface area contributed by atoms with Crippen molar-refractivity contribution in [1.82, 2.24) is 20.2 Å². The average Bonchev–Trinajstić information content (AvgIpc) is 2.56. The summed E-state index contributed by atoms with van der Waals surface area (Å²) in [6.07, 6.45) is 1.84. The van der Waals surface area contributed by atoms with E-state index in [9.17, 15) is 0 Å². The van der Waals surface area contributed by atoms with Crippen molar-refractivity contribution in [3.8, 4) is 5.75 Å². The Morgan fingerprint density at radius 1 is 1.27 bits per heavy atom. The van der Waals surface area contributed by atoms with Crippen molar-refractivity contribution < 1.29 is 4.74 Å². The molecule has 5 nitrogen and oxygen atoms in total. The van der Waals surface area contributed by atoms with Crippen molar-refractivity contribution in [1.29, 1.82) is 0 Å². The molecule has 3 rings (SSSR count). The molecule has 0 spiro atoms. The number of piperazine rings is 1. The van der Waals surface area contributed by atoms with Crippen molar-refractivity contribution in [2.45, 2.75) is 19.5 Å². The van der Waals surface area contributed by atoms with Crippen LogP contribution in [-0.4, -0.2) is 41.6 Å². The first-order valence-corrected chi connectivity index (χ1v) is 7.63. The van der Waals surface area contributed by atoms with Gasteiger partial charge in [0.1, 0.15) is 11.6 Å². The third-order valence-electron chi connectivity index (χ3n) is 4.05. The molecule has 0 unspecified atom stereocenters. The molecule has 2 aromatic rings. The van der Waals surface area contributed by atoms with Gasteiger partial charge in [-0.2, -0.15) is 0 Å². The fraction of sp³-hybridized carbons (Fsp3) is 0.412. The van der Waals surface area contributed by atoms with Gasteiger partial charge in [-0.25, -0.2) is 9.97 Å². The molecule has 22 heavy (non-hydrogen) atoms. The highest BCUT2D eigenvalue weighted by Crippen LogP contribution is 2.25. The molecule has 0 aliphatic carbocycles. The van der Waals surface area contributed by atoms with E-state index in [0.29, 0.717) is 6.04 Å². The van der Waals surface area contributed by atoms with Crippen LogP contribution in [0.25, 0.3) is 0 Å². The first kappa shape index (κ1) is 14.9. The molecule has 0 saturated carbocycles.